The van der Waals surface area contributed by atoms with Gasteiger partial charge < -0.3 is 4.90 Å². The van der Waals surface area contributed by atoms with Crippen LogP contribution in [0.25, 0.3) is 77.7 Å². The van der Waals surface area contributed by atoms with Gasteiger partial charge in [-0.05, 0) is 87.3 Å². The summed E-state index contributed by atoms with van der Waals surface area (Å²) < 4.78 is 0. The molecule has 0 saturated heterocycles. The van der Waals surface area contributed by atoms with Gasteiger partial charge in [-0.1, -0.05) is 176 Å². The number of rotatable bonds is 8. The monoisotopic (exact) mass is 727 g/mol. The molecule has 268 valence electrons. The van der Waals surface area contributed by atoms with Gasteiger partial charge in [0.05, 0.1) is 22.4 Å². The Hall–Kier alpha value is -7.62. The van der Waals surface area contributed by atoms with Crippen LogP contribution in [-0.4, -0.2) is 9.97 Å². The molecule has 0 atom stereocenters. The zero-order chi connectivity index (χ0) is 38.0. The van der Waals surface area contributed by atoms with Crippen molar-refractivity contribution in [2.75, 3.05) is 4.90 Å². The second kappa shape index (κ2) is 14.9. The summed E-state index contributed by atoms with van der Waals surface area (Å²) in [6.07, 6.45) is 0. The SMILES string of the molecule is c1ccc(-c2ccc(N(c3ccccc3)c3ccc(-c4ccc(-c5ccc6c(ccc7nc(-c8ccccc8)c(-c8ccccc8)nc76)c5)cc4)cc3)cc2)cc1. The van der Waals surface area contributed by atoms with E-state index in [2.05, 4.69) is 205 Å². The number of hydrogen-bond acceptors (Lipinski definition) is 3. The topological polar surface area (TPSA) is 29.0 Å². The lowest BCUT2D eigenvalue weighted by molar-refractivity contribution is 1.28. The molecule has 57 heavy (non-hydrogen) atoms. The van der Waals surface area contributed by atoms with Crippen molar-refractivity contribution >= 4 is 38.9 Å². The number of para-hydroxylation sites is 1. The van der Waals surface area contributed by atoms with Crippen LogP contribution < -0.4 is 4.90 Å². The molecule has 1 aromatic heterocycles. The van der Waals surface area contributed by atoms with Crippen LogP contribution in [0.2, 0.25) is 0 Å². The minimum absolute atomic E-state index is 0.886. The maximum atomic E-state index is 5.30. The molecular formula is C54H37N3. The fraction of sp³-hybridized carbons (Fsp3) is 0. The van der Waals surface area contributed by atoms with Crippen molar-refractivity contribution < 1.29 is 0 Å². The van der Waals surface area contributed by atoms with E-state index in [9.17, 15) is 0 Å². The fourth-order valence-electron chi connectivity index (χ4n) is 7.74. The van der Waals surface area contributed by atoms with Crippen LogP contribution in [0.3, 0.4) is 0 Å². The summed E-state index contributed by atoms with van der Waals surface area (Å²) in [5.74, 6) is 0. The van der Waals surface area contributed by atoms with Crippen molar-refractivity contribution in [3.63, 3.8) is 0 Å². The van der Waals surface area contributed by atoms with E-state index in [-0.39, 0.29) is 0 Å². The van der Waals surface area contributed by atoms with Crippen LogP contribution in [0, 0.1) is 0 Å². The van der Waals surface area contributed by atoms with Crippen molar-refractivity contribution in [3.8, 4) is 55.9 Å². The maximum Gasteiger partial charge on any atom is 0.0973 e. The quantitative estimate of drug-likeness (QED) is 0.146. The first kappa shape index (κ1) is 33.9. The Morgan fingerprint density at radius 3 is 1.19 bits per heavy atom. The van der Waals surface area contributed by atoms with Crippen LogP contribution >= 0.6 is 0 Å². The lowest BCUT2D eigenvalue weighted by Gasteiger charge is -2.26. The molecule has 0 fully saturated rings. The van der Waals surface area contributed by atoms with Gasteiger partial charge in [0.1, 0.15) is 0 Å². The molecule has 3 heteroatoms. The molecule has 10 rings (SSSR count). The predicted molar refractivity (Wildman–Crippen MR) is 239 cm³/mol. The van der Waals surface area contributed by atoms with Gasteiger partial charge in [0, 0.05) is 33.6 Å². The first-order valence-electron chi connectivity index (χ1n) is 19.3. The highest BCUT2D eigenvalue weighted by Crippen LogP contribution is 2.38. The Bertz CT molecular complexity index is 2950. The molecule has 0 radical (unpaired) electrons. The summed E-state index contributed by atoms with van der Waals surface area (Å²) in [6.45, 7) is 0. The average molecular weight is 728 g/mol. The number of hydrogen-bond donors (Lipinski definition) is 0. The number of aromatic nitrogens is 2. The smallest absolute Gasteiger partial charge is 0.0973 e. The molecule has 3 nitrogen and oxygen atoms in total. The standard InChI is InChI=1S/C54H37N3/c1-5-13-38(14-6-1)40-25-31-48(32-26-40)57(47-19-11-4-12-20-47)49-33-27-41(28-34-49)39-21-23-42(24-22-39)45-29-35-50-46(37-45)30-36-51-54(50)56-53(44-17-9-3-10-18-44)52(55-51)43-15-7-2-8-16-43/h1-37H. The highest BCUT2D eigenvalue weighted by molar-refractivity contribution is 6.06. The second-order valence-corrected chi connectivity index (χ2v) is 14.2. The van der Waals surface area contributed by atoms with Crippen LogP contribution in [0.15, 0.2) is 224 Å². The van der Waals surface area contributed by atoms with E-state index in [1.807, 2.05) is 24.3 Å². The van der Waals surface area contributed by atoms with Crippen molar-refractivity contribution in [1.29, 1.82) is 0 Å². The van der Waals surface area contributed by atoms with Gasteiger partial charge in [-0.2, -0.15) is 0 Å². The van der Waals surface area contributed by atoms with Gasteiger partial charge in [0.2, 0.25) is 0 Å². The Morgan fingerprint density at radius 1 is 0.281 bits per heavy atom. The van der Waals surface area contributed by atoms with Crippen LogP contribution in [0.4, 0.5) is 17.1 Å². The second-order valence-electron chi connectivity index (χ2n) is 14.2. The first-order valence-corrected chi connectivity index (χ1v) is 19.3. The number of anilines is 3. The lowest BCUT2D eigenvalue weighted by Crippen LogP contribution is -2.09. The van der Waals surface area contributed by atoms with Gasteiger partial charge in [-0.25, -0.2) is 9.97 Å². The highest BCUT2D eigenvalue weighted by atomic mass is 15.1. The van der Waals surface area contributed by atoms with E-state index < -0.39 is 0 Å². The zero-order valence-corrected chi connectivity index (χ0v) is 31.2. The third-order valence-electron chi connectivity index (χ3n) is 10.7. The summed E-state index contributed by atoms with van der Waals surface area (Å²) in [6, 6.07) is 79.2. The van der Waals surface area contributed by atoms with E-state index in [1.54, 1.807) is 0 Å². The molecule has 10 aromatic rings. The van der Waals surface area contributed by atoms with E-state index in [1.165, 1.54) is 27.8 Å². The molecule has 0 aliphatic heterocycles. The average Bonchev–Trinajstić information content (AvgIpc) is 3.30. The molecule has 1 heterocycles. The normalized spacial score (nSPS) is 11.2. The molecule has 0 bridgehead atoms. The van der Waals surface area contributed by atoms with E-state index in [0.717, 1.165) is 66.9 Å². The summed E-state index contributed by atoms with van der Waals surface area (Å²) in [5.41, 5.74) is 16.1. The van der Waals surface area contributed by atoms with E-state index in [0.29, 0.717) is 0 Å². The van der Waals surface area contributed by atoms with Gasteiger partial charge in [0.25, 0.3) is 0 Å². The molecule has 0 spiro atoms. The van der Waals surface area contributed by atoms with Crippen LogP contribution in [0.1, 0.15) is 0 Å². The van der Waals surface area contributed by atoms with Crippen molar-refractivity contribution in [1.82, 2.24) is 9.97 Å². The molecule has 0 aliphatic rings. The summed E-state index contributed by atoms with van der Waals surface area (Å²) >= 11 is 0. The molecular weight excluding hydrogens is 691 g/mol. The number of fused-ring (bicyclic) bond motifs is 3. The molecule has 0 amide bonds. The van der Waals surface area contributed by atoms with Crippen molar-refractivity contribution in [2.45, 2.75) is 0 Å². The molecule has 0 unspecified atom stereocenters. The van der Waals surface area contributed by atoms with Gasteiger partial charge in [-0.3, -0.25) is 0 Å². The van der Waals surface area contributed by atoms with Gasteiger partial charge >= 0.3 is 0 Å². The number of benzene rings is 9. The summed E-state index contributed by atoms with van der Waals surface area (Å²) in [4.78, 5) is 12.8. The first-order chi connectivity index (χ1) is 28.2. The minimum atomic E-state index is 0.886. The third-order valence-corrected chi connectivity index (χ3v) is 10.7. The molecule has 9 aromatic carbocycles. The zero-order valence-electron chi connectivity index (χ0n) is 31.2. The molecule has 0 N–H and O–H groups in total. The molecule has 0 aliphatic carbocycles. The largest absolute Gasteiger partial charge is 0.311 e. The van der Waals surface area contributed by atoms with Crippen molar-refractivity contribution in [3.05, 3.63) is 224 Å². The Balaban J connectivity index is 0.939. The minimum Gasteiger partial charge on any atom is -0.311 e. The Labute approximate surface area is 332 Å². The maximum absolute atomic E-state index is 5.30. The third kappa shape index (κ3) is 6.73. The van der Waals surface area contributed by atoms with Crippen molar-refractivity contribution in [2.24, 2.45) is 0 Å². The van der Waals surface area contributed by atoms with Crippen LogP contribution in [-0.2, 0) is 0 Å². The Morgan fingerprint density at radius 2 is 0.667 bits per heavy atom. The Kier molecular flexibility index (Phi) is 8.86. The van der Waals surface area contributed by atoms with E-state index >= 15 is 0 Å². The summed E-state index contributed by atoms with van der Waals surface area (Å²) in [5, 5.41) is 2.23. The summed E-state index contributed by atoms with van der Waals surface area (Å²) in [7, 11) is 0. The van der Waals surface area contributed by atoms with E-state index in [4.69, 9.17) is 9.97 Å². The lowest BCUT2D eigenvalue weighted by atomic mass is 9.97. The fourth-order valence-corrected chi connectivity index (χ4v) is 7.74. The number of nitrogens with zero attached hydrogens (tertiary/aromatic N) is 3. The highest BCUT2D eigenvalue weighted by Gasteiger charge is 2.16. The predicted octanol–water partition coefficient (Wildman–Crippen LogP) is 14.6. The molecule has 0 saturated carbocycles. The van der Waals surface area contributed by atoms with Crippen LogP contribution in [0.5, 0.6) is 0 Å². The van der Waals surface area contributed by atoms with Gasteiger partial charge in [0.15, 0.2) is 0 Å². The van der Waals surface area contributed by atoms with Gasteiger partial charge in [-0.15, -0.1) is 0 Å².